The Morgan fingerprint density at radius 3 is 2.62 bits per heavy atom. The van der Waals surface area contributed by atoms with Crippen molar-refractivity contribution < 1.29 is 9.84 Å². The van der Waals surface area contributed by atoms with E-state index in [1.165, 1.54) is 5.56 Å². The third kappa shape index (κ3) is 2.97. The molecule has 0 heterocycles. The van der Waals surface area contributed by atoms with Crippen molar-refractivity contribution in [1.82, 2.24) is 0 Å². The number of methoxy groups -OCH3 is 1. The second kappa shape index (κ2) is 5.87. The average molecular weight is 223 g/mol. The molecule has 0 amide bonds. The molecule has 0 aliphatic rings. The van der Waals surface area contributed by atoms with Crippen LogP contribution in [0.5, 0.6) is 5.75 Å². The quantitative estimate of drug-likeness (QED) is 0.803. The average Bonchev–Trinajstić information content (AvgIpc) is 2.24. The molecule has 0 saturated carbocycles. The highest BCUT2D eigenvalue weighted by Crippen LogP contribution is 2.30. The van der Waals surface area contributed by atoms with Gasteiger partial charge in [0.25, 0.3) is 0 Å². The van der Waals surface area contributed by atoms with Gasteiger partial charge in [0.1, 0.15) is 5.75 Å². The topological polar surface area (TPSA) is 55.5 Å². The van der Waals surface area contributed by atoms with Gasteiger partial charge in [0, 0.05) is 18.2 Å². The lowest BCUT2D eigenvalue weighted by Gasteiger charge is -2.18. The van der Waals surface area contributed by atoms with E-state index in [1.54, 1.807) is 7.11 Å². The van der Waals surface area contributed by atoms with Crippen molar-refractivity contribution in [3.8, 4) is 5.75 Å². The Hall–Kier alpha value is -1.06. The molecule has 1 unspecified atom stereocenters. The van der Waals surface area contributed by atoms with Gasteiger partial charge in [-0.3, -0.25) is 0 Å². The van der Waals surface area contributed by atoms with Crippen LogP contribution in [0, 0.1) is 13.8 Å². The highest BCUT2D eigenvalue weighted by Gasteiger charge is 2.14. The fourth-order valence-electron chi connectivity index (χ4n) is 2.04. The second-order valence-electron chi connectivity index (χ2n) is 4.17. The van der Waals surface area contributed by atoms with Crippen LogP contribution in [0.3, 0.4) is 0 Å². The number of aliphatic hydroxyl groups is 1. The van der Waals surface area contributed by atoms with Crippen LogP contribution in [-0.2, 0) is 0 Å². The zero-order valence-corrected chi connectivity index (χ0v) is 10.3. The van der Waals surface area contributed by atoms with E-state index in [2.05, 4.69) is 6.07 Å². The smallest absolute Gasteiger partial charge is 0.124 e. The molecule has 90 valence electrons. The molecule has 0 aliphatic heterocycles. The summed E-state index contributed by atoms with van der Waals surface area (Å²) in [7, 11) is 1.66. The molecule has 1 rings (SSSR count). The highest BCUT2D eigenvalue weighted by molar-refractivity contribution is 5.44. The molecule has 0 bridgehead atoms. The van der Waals surface area contributed by atoms with Crippen molar-refractivity contribution in [1.29, 1.82) is 0 Å². The Labute approximate surface area is 97.2 Å². The lowest BCUT2D eigenvalue weighted by molar-refractivity contribution is 0.279. The fourth-order valence-corrected chi connectivity index (χ4v) is 2.04. The first-order valence-electron chi connectivity index (χ1n) is 5.61. The van der Waals surface area contributed by atoms with E-state index in [0.29, 0.717) is 0 Å². The number of benzene rings is 1. The summed E-state index contributed by atoms with van der Waals surface area (Å²) in [6.45, 7) is 4.27. The van der Waals surface area contributed by atoms with Crippen molar-refractivity contribution in [2.45, 2.75) is 32.7 Å². The van der Waals surface area contributed by atoms with E-state index in [1.807, 2.05) is 19.9 Å². The van der Waals surface area contributed by atoms with E-state index in [0.717, 1.165) is 29.7 Å². The molecule has 3 heteroatoms. The maximum atomic E-state index is 8.82. The Kier molecular flexibility index (Phi) is 4.77. The molecule has 0 spiro atoms. The SMILES string of the molecule is COc1cc(C)cc(C)c1C(N)CCCO. The largest absolute Gasteiger partial charge is 0.496 e. The van der Waals surface area contributed by atoms with Crippen molar-refractivity contribution in [3.63, 3.8) is 0 Å². The first-order valence-corrected chi connectivity index (χ1v) is 5.61. The van der Waals surface area contributed by atoms with Gasteiger partial charge < -0.3 is 15.6 Å². The molecule has 0 fully saturated rings. The maximum Gasteiger partial charge on any atom is 0.124 e. The van der Waals surface area contributed by atoms with Crippen LogP contribution >= 0.6 is 0 Å². The van der Waals surface area contributed by atoms with Crippen molar-refractivity contribution in [2.75, 3.05) is 13.7 Å². The van der Waals surface area contributed by atoms with Crippen LogP contribution in [0.4, 0.5) is 0 Å². The normalized spacial score (nSPS) is 12.6. The third-order valence-electron chi connectivity index (χ3n) is 2.76. The lowest BCUT2D eigenvalue weighted by atomic mass is 9.95. The number of aryl methyl sites for hydroxylation is 2. The minimum absolute atomic E-state index is 0.0669. The molecule has 0 aromatic heterocycles. The van der Waals surface area contributed by atoms with Crippen LogP contribution in [0.1, 0.15) is 35.6 Å². The van der Waals surface area contributed by atoms with Crippen molar-refractivity contribution in [3.05, 3.63) is 28.8 Å². The Morgan fingerprint density at radius 1 is 1.38 bits per heavy atom. The van der Waals surface area contributed by atoms with Gasteiger partial charge in [0.05, 0.1) is 7.11 Å². The predicted octanol–water partition coefficient (Wildman–Crippen LogP) is 2.08. The summed E-state index contributed by atoms with van der Waals surface area (Å²) in [5.74, 6) is 0.850. The van der Waals surface area contributed by atoms with Crippen molar-refractivity contribution >= 4 is 0 Å². The molecule has 1 aromatic carbocycles. The van der Waals surface area contributed by atoms with E-state index in [4.69, 9.17) is 15.6 Å². The molecule has 16 heavy (non-hydrogen) atoms. The number of rotatable bonds is 5. The summed E-state index contributed by atoms with van der Waals surface area (Å²) in [6, 6.07) is 4.04. The number of aliphatic hydroxyl groups excluding tert-OH is 1. The minimum Gasteiger partial charge on any atom is -0.496 e. The molecule has 3 N–H and O–H groups in total. The van der Waals surface area contributed by atoms with Crippen LogP contribution in [0.2, 0.25) is 0 Å². The van der Waals surface area contributed by atoms with Gasteiger partial charge in [-0.1, -0.05) is 6.07 Å². The second-order valence-corrected chi connectivity index (χ2v) is 4.17. The highest BCUT2D eigenvalue weighted by atomic mass is 16.5. The predicted molar refractivity (Wildman–Crippen MR) is 65.7 cm³/mol. The van der Waals surface area contributed by atoms with E-state index in [9.17, 15) is 0 Å². The first kappa shape index (κ1) is 13.0. The summed E-state index contributed by atoms with van der Waals surface area (Å²) in [5.41, 5.74) is 9.50. The maximum absolute atomic E-state index is 8.82. The third-order valence-corrected chi connectivity index (χ3v) is 2.76. The summed E-state index contributed by atoms with van der Waals surface area (Å²) >= 11 is 0. The van der Waals surface area contributed by atoms with Gasteiger partial charge >= 0.3 is 0 Å². The van der Waals surface area contributed by atoms with Gasteiger partial charge in [-0.15, -0.1) is 0 Å². The standard InChI is InChI=1S/C13H21NO2/c1-9-7-10(2)13(12(8-9)16-3)11(14)5-4-6-15/h7-8,11,15H,4-6,14H2,1-3H3. The fraction of sp³-hybridized carbons (Fsp3) is 0.538. The number of ether oxygens (including phenoxy) is 1. The molecular formula is C13H21NO2. The monoisotopic (exact) mass is 223 g/mol. The Balaban J connectivity index is 3.01. The van der Waals surface area contributed by atoms with Crippen molar-refractivity contribution in [2.24, 2.45) is 5.73 Å². The van der Waals surface area contributed by atoms with Crippen LogP contribution in [0.25, 0.3) is 0 Å². The van der Waals surface area contributed by atoms with Gasteiger partial charge in [-0.25, -0.2) is 0 Å². The molecule has 1 aromatic rings. The first-order chi connectivity index (χ1) is 7.60. The van der Waals surface area contributed by atoms with Crippen LogP contribution in [-0.4, -0.2) is 18.8 Å². The molecule has 3 nitrogen and oxygen atoms in total. The molecule has 0 radical (unpaired) electrons. The molecule has 0 aliphatic carbocycles. The summed E-state index contributed by atoms with van der Waals surface area (Å²) in [6.07, 6.45) is 1.49. The Morgan fingerprint density at radius 2 is 2.06 bits per heavy atom. The Bertz CT molecular complexity index is 350. The van der Waals surface area contributed by atoms with E-state index < -0.39 is 0 Å². The molecule has 1 atom stereocenters. The van der Waals surface area contributed by atoms with Crippen LogP contribution < -0.4 is 10.5 Å². The van der Waals surface area contributed by atoms with Gasteiger partial charge in [-0.05, 0) is 43.9 Å². The zero-order chi connectivity index (χ0) is 12.1. The molecular weight excluding hydrogens is 202 g/mol. The van der Waals surface area contributed by atoms with Crippen LogP contribution in [0.15, 0.2) is 12.1 Å². The van der Waals surface area contributed by atoms with Gasteiger partial charge in [0.2, 0.25) is 0 Å². The number of hydrogen-bond acceptors (Lipinski definition) is 3. The summed E-state index contributed by atoms with van der Waals surface area (Å²) < 4.78 is 5.37. The van der Waals surface area contributed by atoms with Gasteiger partial charge in [0.15, 0.2) is 0 Å². The lowest BCUT2D eigenvalue weighted by Crippen LogP contribution is -2.14. The summed E-state index contributed by atoms with van der Waals surface area (Å²) in [4.78, 5) is 0. The van der Waals surface area contributed by atoms with E-state index in [-0.39, 0.29) is 12.6 Å². The van der Waals surface area contributed by atoms with Gasteiger partial charge in [-0.2, -0.15) is 0 Å². The summed E-state index contributed by atoms with van der Waals surface area (Å²) in [5, 5.41) is 8.82. The number of nitrogens with two attached hydrogens (primary N) is 1. The minimum atomic E-state index is -0.0669. The molecule has 0 saturated heterocycles. The zero-order valence-electron chi connectivity index (χ0n) is 10.3. The van der Waals surface area contributed by atoms with E-state index >= 15 is 0 Å². The number of hydrogen-bond donors (Lipinski definition) is 2.